The third-order valence-electron chi connectivity index (χ3n) is 4.79. The van der Waals surface area contributed by atoms with Crippen LogP contribution in [0.5, 0.6) is 0 Å². The molecule has 3 aromatic rings. The average Bonchev–Trinajstić information content (AvgIpc) is 3.42. The number of morpholine rings is 1. The molecule has 1 aliphatic rings. The number of hydrogen-bond acceptors (Lipinski definition) is 5. The fourth-order valence-corrected chi connectivity index (χ4v) is 4.00. The van der Waals surface area contributed by atoms with E-state index in [1.807, 2.05) is 17.5 Å². The van der Waals surface area contributed by atoms with Crippen molar-refractivity contribution in [2.75, 3.05) is 32.8 Å². The summed E-state index contributed by atoms with van der Waals surface area (Å²) in [5, 5.41) is 12.0. The second kappa shape index (κ2) is 8.64. The molecule has 1 saturated heterocycles. The summed E-state index contributed by atoms with van der Waals surface area (Å²) in [4.78, 5) is 15.9. The number of nitrogens with zero attached hydrogens (tertiary/aromatic N) is 2. The van der Waals surface area contributed by atoms with Gasteiger partial charge in [-0.15, -0.1) is 11.3 Å². The van der Waals surface area contributed by atoms with Crippen LogP contribution in [0.2, 0.25) is 0 Å². The third-order valence-corrected chi connectivity index (χ3v) is 5.70. The van der Waals surface area contributed by atoms with Gasteiger partial charge in [0, 0.05) is 19.6 Å². The maximum Gasteiger partial charge on any atom is 0.271 e. The van der Waals surface area contributed by atoms with E-state index in [0.717, 1.165) is 29.2 Å². The lowest BCUT2D eigenvalue weighted by molar-refractivity contribution is 0.0162. The molecular weight excluding hydrogens is 379 g/mol. The Morgan fingerprint density at radius 2 is 2.07 bits per heavy atom. The lowest BCUT2D eigenvalue weighted by Crippen LogP contribution is -2.43. The van der Waals surface area contributed by atoms with Crippen LogP contribution in [0.25, 0.3) is 10.6 Å². The number of rotatable bonds is 6. The van der Waals surface area contributed by atoms with E-state index in [0.29, 0.717) is 25.5 Å². The molecule has 2 aromatic heterocycles. The molecule has 1 unspecified atom stereocenters. The Balaban J connectivity index is 1.46. The number of thiophene rings is 1. The van der Waals surface area contributed by atoms with Crippen LogP contribution in [0.1, 0.15) is 22.1 Å². The predicted molar refractivity (Wildman–Crippen MR) is 106 cm³/mol. The Morgan fingerprint density at radius 3 is 2.79 bits per heavy atom. The Hall–Kier alpha value is -2.55. The molecule has 146 valence electrons. The number of aromatic nitrogens is 2. The first-order valence-electron chi connectivity index (χ1n) is 9.15. The van der Waals surface area contributed by atoms with E-state index in [4.69, 9.17) is 4.74 Å². The molecule has 4 rings (SSSR count). The maximum absolute atomic E-state index is 13.3. The molecule has 8 heteroatoms. The van der Waals surface area contributed by atoms with Crippen molar-refractivity contribution in [3.05, 3.63) is 64.9 Å². The summed E-state index contributed by atoms with van der Waals surface area (Å²) < 4.78 is 18.8. The summed E-state index contributed by atoms with van der Waals surface area (Å²) in [7, 11) is 0. The minimum absolute atomic E-state index is 0.0517. The number of amides is 1. The van der Waals surface area contributed by atoms with E-state index < -0.39 is 0 Å². The monoisotopic (exact) mass is 400 g/mol. The molecule has 2 N–H and O–H groups in total. The number of halogens is 1. The van der Waals surface area contributed by atoms with E-state index in [-0.39, 0.29) is 17.8 Å². The largest absolute Gasteiger partial charge is 0.379 e. The van der Waals surface area contributed by atoms with Gasteiger partial charge < -0.3 is 10.1 Å². The van der Waals surface area contributed by atoms with Gasteiger partial charge in [-0.1, -0.05) is 18.2 Å². The van der Waals surface area contributed by atoms with Crippen LogP contribution in [-0.4, -0.2) is 53.9 Å². The van der Waals surface area contributed by atoms with Crippen molar-refractivity contribution in [2.24, 2.45) is 0 Å². The quantitative estimate of drug-likeness (QED) is 0.667. The number of carbonyl (C=O) groups is 1. The van der Waals surface area contributed by atoms with Crippen molar-refractivity contribution >= 4 is 17.2 Å². The summed E-state index contributed by atoms with van der Waals surface area (Å²) >= 11 is 1.58. The van der Waals surface area contributed by atoms with E-state index in [2.05, 4.69) is 20.4 Å². The standard InChI is InChI=1S/C20H21FN4O2S/c21-15-5-3-14(4-6-15)18(25-7-9-27-10-8-25)13-22-20(26)17-12-16(23-24-17)19-2-1-11-28-19/h1-6,11-12,18H,7-10,13H2,(H,22,26)(H,23,24). The second-order valence-corrected chi connectivity index (χ2v) is 7.52. The summed E-state index contributed by atoms with van der Waals surface area (Å²) in [5.41, 5.74) is 2.14. The van der Waals surface area contributed by atoms with Crippen LogP contribution in [0.3, 0.4) is 0 Å². The molecule has 0 aliphatic carbocycles. The zero-order valence-corrected chi connectivity index (χ0v) is 16.0. The number of carbonyl (C=O) groups excluding carboxylic acids is 1. The average molecular weight is 400 g/mol. The molecule has 0 bridgehead atoms. The lowest BCUT2D eigenvalue weighted by Gasteiger charge is -2.34. The second-order valence-electron chi connectivity index (χ2n) is 6.57. The van der Waals surface area contributed by atoms with Crippen molar-refractivity contribution in [1.29, 1.82) is 0 Å². The first-order chi connectivity index (χ1) is 13.7. The van der Waals surface area contributed by atoms with Gasteiger partial charge in [0.15, 0.2) is 5.69 Å². The number of nitrogens with one attached hydrogen (secondary N) is 2. The van der Waals surface area contributed by atoms with Gasteiger partial charge in [0.2, 0.25) is 0 Å². The Kier molecular flexibility index (Phi) is 5.80. The van der Waals surface area contributed by atoms with E-state index >= 15 is 0 Å². The molecule has 0 saturated carbocycles. The summed E-state index contributed by atoms with van der Waals surface area (Å²) in [6.07, 6.45) is 0. The van der Waals surface area contributed by atoms with Crippen LogP contribution in [0, 0.1) is 5.82 Å². The molecule has 1 fully saturated rings. The van der Waals surface area contributed by atoms with Gasteiger partial charge in [0.05, 0.1) is 29.8 Å². The van der Waals surface area contributed by atoms with Gasteiger partial charge in [-0.2, -0.15) is 5.10 Å². The first-order valence-corrected chi connectivity index (χ1v) is 10.0. The molecule has 1 amide bonds. The summed E-state index contributed by atoms with van der Waals surface area (Å²) in [5.74, 6) is -0.509. The first kappa shape index (κ1) is 18.8. The molecule has 1 aromatic carbocycles. The Labute approximate surface area is 166 Å². The molecule has 0 radical (unpaired) electrons. The van der Waals surface area contributed by atoms with Crippen molar-refractivity contribution in [2.45, 2.75) is 6.04 Å². The zero-order chi connectivity index (χ0) is 19.3. The fraction of sp³-hybridized carbons (Fsp3) is 0.300. The smallest absolute Gasteiger partial charge is 0.271 e. The van der Waals surface area contributed by atoms with Crippen molar-refractivity contribution in [1.82, 2.24) is 20.4 Å². The minimum atomic E-state index is -0.272. The number of hydrogen-bond donors (Lipinski definition) is 2. The molecule has 28 heavy (non-hydrogen) atoms. The Morgan fingerprint density at radius 1 is 1.29 bits per heavy atom. The van der Waals surface area contributed by atoms with Crippen LogP contribution in [0.15, 0.2) is 47.8 Å². The van der Waals surface area contributed by atoms with Crippen LogP contribution >= 0.6 is 11.3 Å². The number of ether oxygens (including phenoxy) is 1. The predicted octanol–water partition coefficient (Wildman–Crippen LogP) is 3.08. The van der Waals surface area contributed by atoms with Gasteiger partial charge in [-0.3, -0.25) is 14.8 Å². The fourth-order valence-electron chi connectivity index (χ4n) is 3.31. The number of H-pyrrole nitrogens is 1. The molecule has 1 atom stereocenters. The van der Waals surface area contributed by atoms with Gasteiger partial charge >= 0.3 is 0 Å². The topological polar surface area (TPSA) is 70.2 Å². The van der Waals surface area contributed by atoms with Gasteiger partial charge in [0.1, 0.15) is 5.82 Å². The maximum atomic E-state index is 13.3. The SMILES string of the molecule is O=C(NCC(c1ccc(F)cc1)N1CCOCC1)c1cc(-c2cccs2)[nH]n1. The van der Waals surface area contributed by atoms with E-state index in [1.165, 1.54) is 12.1 Å². The molecular formula is C20H21FN4O2S. The van der Waals surface area contributed by atoms with Crippen molar-refractivity contribution in [3.63, 3.8) is 0 Å². The molecule has 3 heterocycles. The molecule has 0 spiro atoms. The Bertz CT molecular complexity index is 905. The lowest BCUT2D eigenvalue weighted by atomic mass is 10.0. The highest BCUT2D eigenvalue weighted by molar-refractivity contribution is 7.13. The highest BCUT2D eigenvalue weighted by atomic mass is 32.1. The van der Waals surface area contributed by atoms with Crippen LogP contribution < -0.4 is 5.32 Å². The molecule has 1 aliphatic heterocycles. The van der Waals surface area contributed by atoms with E-state index in [9.17, 15) is 9.18 Å². The number of benzene rings is 1. The van der Waals surface area contributed by atoms with Gasteiger partial charge in [-0.05, 0) is 35.2 Å². The normalized spacial score (nSPS) is 16.0. The highest BCUT2D eigenvalue weighted by Gasteiger charge is 2.24. The van der Waals surface area contributed by atoms with Crippen LogP contribution in [-0.2, 0) is 4.74 Å². The van der Waals surface area contributed by atoms with Gasteiger partial charge in [0.25, 0.3) is 5.91 Å². The highest BCUT2D eigenvalue weighted by Crippen LogP contribution is 2.24. The van der Waals surface area contributed by atoms with Crippen molar-refractivity contribution in [3.8, 4) is 10.6 Å². The van der Waals surface area contributed by atoms with Gasteiger partial charge in [-0.25, -0.2) is 4.39 Å². The number of aromatic amines is 1. The molecule has 6 nitrogen and oxygen atoms in total. The minimum Gasteiger partial charge on any atom is -0.379 e. The third kappa shape index (κ3) is 4.30. The van der Waals surface area contributed by atoms with Crippen LogP contribution in [0.4, 0.5) is 4.39 Å². The van der Waals surface area contributed by atoms with E-state index in [1.54, 1.807) is 29.5 Å². The van der Waals surface area contributed by atoms with Crippen molar-refractivity contribution < 1.29 is 13.9 Å². The summed E-state index contributed by atoms with van der Waals surface area (Å²) in [6.45, 7) is 3.24. The zero-order valence-electron chi connectivity index (χ0n) is 15.2. The summed E-state index contributed by atoms with van der Waals surface area (Å²) in [6, 6.07) is 12.1.